The van der Waals surface area contributed by atoms with E-state index in [1.807, 2.05) is 0 Å². The molecule has 3 nitrogen and oxygen atoms in total. The summed E-state index contributed by atoms with van der Waals surface area (Å²) >= 11 is 0. The highest BCUT2D eigenvalue weighted by molar-refractivity contribution is 4.53. The lowest BCUT2D eigenvalue weighted by Gasteiger charge is -1.86. The van der Waals surface area contributed by atoms with Gasteiger partial charge in [-0.25, -0.2) is 0 Å². The van der Waals surface area contributed by atoms with Crippen LogP contribution in [0.15, 0.2) is 0 Å². The third-order valence-corrected chi connectivity index (χ3v) is 0.601. The lowest BCUT2D eigenvalue weighted by molar-refractivity contribution is 0.0850. The highest BCUT2D eigenvalue weighted by Crippen LogP contribution is 2.14. The first-order valence-corrected chi connectivity index (χ1v) is 1.81. The molecule has 0 radical (unpaired) electrons. The molecule has 36 valence electrons. The molecule has 1 heterocycles. The van der Waals surface area contributed by atoms with Crippen LogP contribution in [0.3, 0.4) is 0 Å². The van der Waals surface area contributed by atoms with Gasteiger partial charge in [-0.1, -0.05) is 0 Å². The topological polar surface area (TPSA) is 45.3 Å². The zero-order chi connectivity index (χ0) is 4.57. The van der Waals surface area contributed by atoms with E-state index in [2.05, 4.69) is 9.78 Å². The molecular formula is C3H6O3. The lowest BCUT2D eigenvalue weighted by atomic mass is 10.4. The summed E-state index contributed by atoms with van der Waals surface area (Å²) in [6, 6.07) is 0. The van der Waals surface area contributed by atoms with Crippen LogP contribution in [0.25, 0.3) is 0 Å². The second-order valence-electron chi connectivity index (χ2n) is 1.30. The minimum Gasteiger partial charge on any atom is -0.388 e. The zero-order valence-corrected chi connectivity index (χ0v) is 3.42. The summed E-state index contributed by atoms with van der Waals surface area (Å²) in [5.74, 6) is 0. The summed E-state index contributed by atoms with van der Waals surface area (Å²) in [6.45, 7) is 1.61. The van der Waals surface area contributed by atoms with Gasteiger partial charge in [0.25, 0.3) is 0 Å². The van der Waals surface area contributed by atoms with Gasteiger partial charge in [-0.05, 0) is 6.92 Å². The van der Waals surface area contributed by atoms with Crippen molar-refractivity contribution in [2.24, 2.45) is 0 Å². The summed E-state index contributed by atoms with van der Waals surface area (Å²) in [4.78, 5) is 8.44. The fraction of sp³-hybridized carbons (Fsp3) is 1.00. The molecule has 0 spiro atoms. The number of hydrogen-bond donors (Lipinski definition) is 1. The number of aliphatic hydroxyl groups excluding tert-OH is 1. The van der Waals surface area contributed by atoms with Crippen molar-refractivity contribution in [2.45, 2.75) is 19.3 Å². The molecule has 0 aromatic carbocycles. The molecule has 0 aliphatic carbocycles. The Bertz CT molecular complexity index is 48.0. The van der Waals surface area contributed by atoms with Gasteiger partial charge in [0.2, 0.25) is 6.29 Å². The molecule has 1 rings (SSSR count). The standard InChI is InChI=1S/C3H6O3/c1-2(4)3-5-6-3/h2-4H,1H3. The summed E-state index contributed by atoms with van der Waals surface area (Å²) in [6.07, 6.45) is -0.824. The van der Waals surface area contributed by atoms with Crippen molar-refractivity contribution < 1.29 is 14.9 Å². The molecule has 1 N–H and O–H groups in total. The summed E-state index contributed by atoms with van der Waals surface area (Å²) in [5.41, 5.74) is 0. The largest absolute Gasteiger partial charge is 0.388 e. The Hall–Kier alpha value is -0.120. The first-order valence-electron chi connectivity index (χ1n) is 1.81. The van der Waals surface area contributed by atoms with Gasteiger partial charge in [0.1, 0.15) is 6.10 Å². The third kappa shape index (κ3) is 0.680. The van der Waals surface area contributed by atoms with Gasteiger partial charge in [-0.15, -0.1) is 0 Å². The van der Waals surface area contributed by atoms with Crippen molar-refractivity contribution in [2.75, 3.05) is 0 Å². The van der Waals surface area contributed by atoms with Gasteiger partial charge in [0.05, 0.1) is 0 Å². The van der Waals surface area contributed by atoms with Crippen molar-refractivity contribution in [3.8, 4) is 0 Å². The Morgan fingerprint density at radius 2 is 2.17 bits per heavy atom. The second-order valence-corrected chi connectivity index (χ2v) is 1.30. The Kier molecular flexibility index (Phi) is 0.799. The molecule has 0 aromatic rings. The van der Waals surface area contributed by atoms with Crippen molar-refractivity contribution in [1.29, 1.82) is 0 Å². The molecule has 0 aromatic heterocycles. The zero-order valence-electron chi connectivity index (χ0n) is 3.42. The Balaban J connectivity index is 2.13. The van der Waals surface area contributed by atoms with E-state index in [1.165, 1.54) is 0 Å². The molecule has 0 bridgehead atoms. The maximum absolute atomic E-state index is 8.44. The van der Waals surface area contributed by atoms with E-state index in [0.717, 1.165) is 0 Å². The van der Waals surface area contributed by atoms with Crippen LogP contribution in [0.1, 0.15) is 6.92 Å². The monoisotopic (exact) mass is 90.0 g/mol. The van der Waals surface area contributed by atoms with Gasteiger partial charge in [-0.3, -0.25) is 0 Å². The van der Waals surface area contributed by atoms with Crippen LogP contribution in [0.2, 0.25) is 0 Å². The molecule has 6 heavy (non-hydrogen) atoms. The number of hydrogen-bond acceptors (Lipinski definition) is 3. The van der Waals surface area contributed by atoms with Crippen LogP contribution in [-0.2, 0) is 9.78 Å². The van der Waals surface area contributed by atoms with Crippen molar-refractivity contribution in [3.05, 3.63) is 0 Å². The highest BCUT2D eigenvalue weighted by Gasteiger charge is 2.30. The fourth-order valence-electron chi connectivity index (χ4n) is 0.193. The van der Waals surface area contributed by atoms with E-state index < -0.39 is 6.10 Å². The molecule has 1 saturated heterocycles. The number of rotatable bonds is 1. The van der Waals surface area contributed by atoms with Crippen molar-refractivity contribution in [1.82, 2.24) is 0 Å². The Labute approximate surface area is 35.4 Å². The highest BCUT2D eigenvalue weighted by atomic mass is 17.4. The summed E-state index contributed by atoms with van der Waals surface area (Å²) < 4.78 is 0. The average molecular weight is 90.1 g/mol. The van der Waals surface area contributed by atoms with Gasteiger partial charge < -0.3 is 5.11 Å². The fourth-order valence-corrected chi connectivity index (χ4v) is 0.193. The molecule has 1 fully saturated rings. The average Bonchev–Trinajstić information content (AvgIpc) is 2.06. The van der Waals surface area contributed by atoms with Crippen molar-refractivity contribution in [3.63, 3.8) is 0 Å². The van der Waals surface area contributed by atoms with Gasteiger partial charge >= 0.3 is 0 Å². The smallest absolute Gasteiger partial charge is 0.249 e. The Morgan fingerprint density at radius 1 is 1.67 bits per heavy atom. The summed E-state index contributed by atoms with van der Waals surface area (Å²) in [7, 11) is 0. The van der Waals surface area contributed by atoms with Gasteiger partial charge in [-0.2, -0.15) is 9.78 Å². The minimum absolute atomic E-state index is 0.343. The molecule has 1 unspecified atom stereocenters. The van der Waals surface area contributed by atoms with Crippen LogP contribution in [0.5, 0.6) is 0 Å². The van der Waals surface area contributed by atoms with E-state index in [1.54, 1.807) is 6.92 Å². The van der Waals surface area contributed by atoms with E-state index in [-0.39, 0.29) is 6.29 Å². The molecule has 1 aliphatic heterocycles. The van der Waals surface area contributed by atoms with Gasteiger partial charge in [0.15, 0.2) is 0 Å². The van der Waals surface area contributed by atoms with Gasteiger partial charge in [0, 0.05) is 0 Å². The van der Waals surface area contributed by atoms with E-state index in [4.69, 9.17) is 5.11 Å². The quantitative estimate of drug-likeness (QED) is 0.353. The first-order chi connectivity index (χ1) is 2.80. The van der Waals surface area contributed by atoms with E-state index in [9.17, 15) is 0 Å². The summed E-state index contributed by atoms with van der Waals surface area (Å²) in [5, 5.41) is 8.44. The SMILES string of the molecule is CC(O)C1OO1. The number of aliphatic hydroxyl groups is 1. The normalized spacial score (nSPS) is 27.0. The van der Waals surface area contributed by atoms with Crippen LogP contribution in [-0.4, -0.2) is 17.5 Å². The molecule has 1 aliphatic rings. The molecular weight excluding hydrogens is 84.0 g/mol. The van der Waals surface area contributed by atoms with Crippen molar-refractivity contribution >= 4 is 0 Å². The van der Waals surface area contributed by atoms with Crippen LogP contribution >= 0.6 is 0 Å². The van der Waals surface area contributed by atoms with Crippen LogP contribution < -0.4 is 0 Å². The van der Waals surface area contributed by atoms with Crippen LogP contribution in [0, 0.1) is 0 Å². The molecule has 1 atom stereocenters. The van der Waals surface area contributed by atoms with Crippen LogP contribution in [0.4, 0.5) is 0 Å². The second kappa shape index (κ2) is 1.18. The predicted molar refractivity (Wildman–Crippen MR) is 17.6 cm³/mol. The molecule has 0 saturated carbocycles. The maximum Gasteiger partial charge on any atom is 0.249 e. The Morgan fingerprint density at radius 3 is 2.17 bits per heavy atom. The minimum atomic E-state index is -0.481. The predicted octanol–water partition coefficient (Wildman–Crippen LogP) is -0.345. The third-order valence-electron chi connectivity index (χ3n) is 0.601. The first kappa shape index (κ1) is 4.05. The molecule has 3 heteroatoms. The van der Waals surface area contributed by atoms with E-state index >= 15 is 0 Å². The maximum atomic E-state index is 8.44. The molecule has 0 amide bonds. The van der Waals surface area contributed by atoms with E-state index in [0.29, 0.717) is 0 Å². The lowest BCUT2D eigenvalue weighted by Crippen LogP contribution is -2.06.